The lowest BCUT2D eigenvalue weighted by molar-refractivity contribution is -0.385. The fourth-order valence-corrected chi connectivity index (χ4v) is 2.10. The van der Waals surface area contributed by atoms with Gasteiger partial charge < -0.3 is 10.1 Å². The highest BCUT2D eigenvalue weighted by molar-refractivity contribution is 5.97. The molecule has 8 nitrogen and oxygen atoms in total. The number of esters is 1. The van der Waals surface area contributed by atoms with E-state index in [0.29, 0.717) is 0 Å². The van der Waals surface area contributed by atoms with Crippen molar-refractivity contribution in [3.63, 3.8) is 0 Å². The van der Waals surface area contributed by atoms with E-state index in [4.69, 9.17) is 4.74 Å². The van der Waals surface area contributed by atoms with Crippen molar-refractivity contribution in [3.8, 4) is 0 Å². The van der Waals surface area contributed by atoms with E-state index in [1.54, 1.807) is 19.1 Å². The van der Waals surface area contributed by atoms with Gasteiger partial charge in [0.05, 0.1) is 22.7 Å². The molecule has 0 aliphatic heterocycles. The van der Waals surface area contributed by atoms with E-state index in [1.165, 1.54) is 36.7 Å². The molecule has 0 spiro atoms. The Morgan fingerprint density at radius 3 is 2.67 bits per heavy atom. The summed E-state index contributed by atoms with van der Waals surface area (Å²) >= 11 is 0. The molecule has 0 fully saturated rings. The van der Waals surface area contributed by atoms with Crippen LogP contribution < -0.4 is 5.32 Å². The van der Waals surface area contributed by atoms with E-state index in [-0.39, 0.29) is 23.4 Å². The third kappa shape index (κ3) is 3.92. The number of nitro groups is 1. The molecule has 2 aromatic rings. The van der Waals surface area contributed by atoms with Gasteiger partial charge >= 0.3 is 5.97 Å². The van der Waals surface area contributed by atoms with Gasteiger partial charge in [0.2, 0.25) is 0 Å². The number of carbonyl (C=O) groups excluding carboxylic acids is 2. The maximum Gasteiger partial charge on any atom is 0.333 e. The number of hydrogen-bond acceptors (Lipinski definition) is 6. The topological polar surface area (TPSA) is 111 Å². The maximum absolute atomic E-state index is 12.3. The standard InChI is InChI=1S/C16H15N3O5/c1-2-24-16(21)14(12-7-3-4-8-13(12)19(22)23)18-15(20)11-6-5-9-17-10-11/h3-10,14H,2H2,1H3,(H,18,20). The van der Waals surface area contributed by atoms with Crippen molar-refractivity contribution in [1.29, 1.82) is 0 Å². The Bertz CT molecular complexity index is 748. The fourth-order valence-electron chi connectivity index (χ4n) is 2.10. The highest BCUT2D eigenvalue weighted by atomic mass is 16.6. The van der Waals surface area contributed by atoms with Crippen molar-refractivity contribution in [2.45, 2.75) is 13.0 Å². The van der Waals surface area contributed by atoms with Crippen LogP contribution in [0.4, 0.5) is 5.69 Å². The zero-order chi connectivity index (χ0) is 17.5. The molecule has 0 saturated heterocycles. The van der Waals surface area contributed by atoms with Crippen LogP contribution in [-0.4, -0.2) is 28.4 Å². The first kappa shape index (κ1) is 17.1. The Kier molecular flexibility index (Phi) is 5.56. The zero-order valence-electron chi connectivity index (χ0n) is 12.8. The number of ether oxygens (including phenoxy) is 1. The summed E-state index contributed by atoms with van der Waals surface area (Å²) in [5, 5.41) is 13.7. The molecule has 1 atom stereocenters. The minimum atomic E-state index is -1.29. The van der Waals surface area contributed by atoms with Crippen LogP contribution in [0.5, 0.6) is 0 Å². The fraction of sp³-hybridized carbons (Fsp3) is 0.188. The van der Waals surface area contributed by atoms with Gasteiger partial charge in [-0.1, -0.05) is 12.1 Å². The first-order chi connectivity index (χ1) is 11.5. The Morgan fingerprint density at radius 1 is 1.29 bits per heavy atom. The minimum absolute atomic E-state index is 0.0539. The quantitative estimate of drug-likeness (QED) is 0.493. The molecule has 0 aliphatic carbocycles. The molecule has 2 rings (SSSR count). The smallest absolute Gasteiger partial charge is 0.333 e. The first-order valence-corrected chi connectivity index (χ1v) is 7.15. The highest BCUT2D eigenvalue weighted by Gasteiger charge is 2.30. The van der Waals surface area contributed by atoms with E-state index in [2.05, 4.69) is 10.3 Å². The SMILES string of the molecule is CCOC(=O)C(NC(=O)c1cccnc1)c1ccccc1[N+](=O)[O-]. The average molecular weight is 329 g/mol. The van der Waals surface area contributed by atoms with Crippen molar-refractivity contribution >= 4 is 17.6 Å². The molecule has 24 heavy (non-hydrogen) atoms. The summed E-state index contributed by atoms with van der Waals surface area (Å²) in [6.07, 6.45) is 2.83. The number of nitro benzene ring substituents is 1. The summed E-state index contributed by atoms with van der Waals surface area (Å²) in [5.74, 6) is -1.36. The van der Waals surface area contributed by atoms with Crippen LogP contribution in [0.25, 0.3) is 0 Å². The Morgan fingerprint density at radius 2 is 2.04 bits per heavy atom. The van der Waals surface area contributed by atoms with Crippen LogP contribution >= 0.6 is 0 Å². The first-order valence-electron chi connectivity index (χ1n) is 7.15. The van der Waals surface area contributed by atoms with E-state index in [9.17, 15) is 19.7 Å². The number of rotatable bonds is 6. The van der Waals surface area contributed by atoms with E-state index in [0.717, 1.165) is 0 Å². The van der Waals surface area contributed by atoms with Gasteiger partial charge in [-0.15, -0.1) is 0 Å². The summed E-state index contributed by atoms with van der Waals surface area (Å²) < 4.78 is 4.94. The van der Waals surface area contributed by atoms with Gasteiger partial charge in [0, 0.05) is 18.5 Å². The number of pyridine rings is 1. The second kappa shape index (κ2) is 7.82. The molecule has 0 radical (unpaired) electrons. The summed E-state index contributed by atoms with van der Waals surface area (Å²) in [5.41, 5.74) is 0.00520. The van der Waals surface area contributed by atoms with Gasteiger partial charge in [0.15, 0.2) is 6.04 Å². The molecule has 1 N–H and O–H groups in total. The molecule has 1 unspecified atom stereocenters. The third-order valence-corrected chi connectivity index (χ3v) is 3.17. The number of amides is 1. The van der Waals surface area contributed by atoms with Crippen LogP contribution in [0.1, 0.15) is 28.9 Å². The minimum Gasteiger partial charge on any atom is -0.464 e. The molecule has 124 valence electrons. The molecule has 8 heteroatoms. The average Bonchev–Trinajstić information content (AvgIpc) is 2.60. The normalized spacial score (nSPS) is 11.4. The lowest BCUT2D eigenvalue weighted by Crippen LogP contribution is -2.35. The second-order valence-electron chi connectivity index (χ2n) is 4.72. The van der Waals surface area contributed by atoms with E-state index < -0.39 is 22.8 Å². The monoisotopic (exact) mass is 329 g/mol. The van der Waals surface area contributed by atoms with Crippen LogP contribution in [-0.2, 0) is 9.53 Å². The summed E-state index contributed by atoms with van der Waals surface area (Å²) in [6.45, 7) is 1.69. The second-order valence-corrected chi connectivity index (χ2v) is 4.72. The molecule has 1 heterocycles. The number of carbonyl (C=O) groups is 2. The van der Waals surface area contributed by atoms with Gasteiger partial charge in [-0.3, -0.25) is 19.9 Å². The zero-order valence-corrected chi connectivity index (χ0v) is 12.8. The number of aromatic nitrogens is 1. The van der Waals surface area contributed by atoms with Crippen molar-refractivity contribution in [2.24, 2.45) is 0 Å². The third-order valence-electron chi connectivity index (χ3n) is 3.17. The number of hydrogen-bond donors (Lipinski definition) is 1. The van der Waals surface area contributed by atoms with Crippen LogP contribution in [0.2, 0.25) is 0 Å². The summed E-state index contributed by atoms with van der Waals surface area (Å²) in [7, 11) is 0. The number of nitrogens with zero attached hydrogens (tertiary/aromatic N) is 2. The molecule has 0 bridgehead atoms. The molecule has 1 aromatic carbocycles. The van der Waals surface area contributed by atoms with Crippen molar-refractivity contribution < 1.29 is 19.2 Å². The molecular weight excluding hydrogens is 314 g/mol. The maximum atomic E-state index is 12.3. The summed E-state index contributed by atoms with van der Waals surface area (Å²) in [4.78, 5) is 38.9. The van der Waals surface area contributed by atoms with Crippen LogP contribution in [0.15, 0.2) is 48.8 Å². The van der Waals surface area contributed by atoms with Gasteiger partial charge in [0.1, 0.15) is 0 Å². The predicted molar refractivity (Wildman–Crippen MR) is 84.2 cm³/mol. The van der Waals surface area contributed by atoms with E-state index in [1.807, 2.05) is 0 Å². The van der Waals surface area contributed by atoms with E-state index >= 15 is 0 Å². The Hall–Kier alpha value is -3.29. The van der Waals surface area contributed by atoms with Gasteiger partial charge in [-0.25, -0.2) is 4.79 Å². The highest BCUT2D eigenvalue weighted by Crippen LogP contribution is 2.26. The van der Waals surface area contributed by atoms with Crippen molar-refractivity contribution in [2.75, 3.05) is 6.61 Å². The Balaban J connectivity index is 2.38. The molecule has 0 aliphatic rings. The predicted octanol–water partition coefficient (Wildman–Crippen LogP) is 2.02. The lowest BCUT2D eigenvalue weighted by atomic mass is 10.0. The molecule has 0 saturated carbocycles. The molecular formula is C16H15N3O5. The molecule has 1 aromatic heterocycles. The summed E-state index contributed by atoms with van der Waals surface area (Å²) in [6, 6.07) is 7.49. The van der Waals surface area contributed by atoms with Crippen LogP contribution in [0.3, 0.4) is 0 Å². The number of nitrogens with one attached hydrogen (secondary N) is 1. The Labute approximate surface area is 137 Å². The van der Waals surface area contributed by atoms with Crippen LogP contribution in [0, 0.1) is 10.1 Å². The number of para-hydroxylation sites is 1. The molecule has 1 amide bonds. The lowest BCUT2D eigenvalue weighted by Gasteiger charge is -2.17. The van der Waals surface area contributed by atoms with Crippen molar-refractivity contribution in [3.05, 3.63) is 70.0 Å². The van der Waals surface area contributed by atoms with Gasteiger partial charge in [-0.05, 0) is 25.1 Å². The van der Waals surface area contributed by atoms with Gasteiger partial charge in [-0.2, -0.15) is 0 Å². The van der Waals surface area contributed by atoms with Gasteiger partial charge in [0.25, 0.3) is 11.6 Å². The largest absolute Gasteiger partial charge is 0.464 e. The number of benzene rings is 1. The van der Waals surface area contributed by atoms with Crippen molar-refractivity contribution in [1.82, 2.24) is 10.3 Å².